The maximum absolute atomic E-state index is 2.45. The van der Waals surface area contributed by atoms with Crippen LogP contribution in [-0.2, 0) is 0 Å². The van der Waals surface area contributed by atoms with Crippen LogP contribution < -0.4 is 0 Å². The summed E-state index contributed by atoms with van der Waals surface area (Å²) in [6.45, 7) is 0. The second-order valence-electron chi connectivity index (χ2n) is 8.98. The van der Waals surface area contributed by atoms with Gasteiger partial charge < -0.3 is 4.57 Å². The van der Waals surface area contributed by atoms with E-state index >= 15 is 0 Å². The van der Waals surface area contributed by atoms with Gasteiger partial charge in [-0.05, 0) is 74.1 Å². The molecule has 1 aromatic heterocycles. The lowest BCUT2D eigenvalue weighted by atomic mass is 9.97. The molecule has 1 heteroatoms. The molecule has 0 unspecified atom stereocenters. The molecule has 6 aromatic carbocycles. The molecule has 7 aromatic rings. The smallest absolute Gasteiger partial charge is 0.0553 e. The van der Waals surface area contributed by atoms with Gasteiger partial charge in [-0.15, -0.1) is 0 Å². The average molecular weight is 418 g/mol. The van der Waals surface area contributed by atoms with Crippen LogP contribution in [0.25, 0.3) is 71.3 Å². The Bertz CT molecular complexity index is 1910. The van der Waals surface area contributed by atoms with E-state index < -0.39 is 0 Å². The molecule has 0 saturated carbocycles. The summed E-state index contributed by atoms with van der Waals surface area (Å²) in [5, 5.41) is 7.93. The molecule has 33 heavy (non-hydrogen) atoms. The number of nitrogens with zero attached hydrogens (tertiary/aromatic N) is 1. The van der Waals surface area contributed by atoms with Crippen molar-refractivity contribution in [1.82, 2.24) is 4.57 Å². The van der Waals surface area contributed by atoms with Crippen molar-refractivity contribution in [1.29, 1.82) is 0 Å². The summed E-state index contributed by atoms with van der Waals surface area (Å²) >= 11 is 0. The Morgan fingerprint density at radius 2 is 1.06 bits per heavy atom. The van der Waals surface area contributed by atoms with Gasteiger partial charge in [0, 0.05) is 16.5 Å². The van der Waals surface area contributed by atoms with Gasteiger partial charge in [-0.25, -0.2) is 0 Å². The molecular formula is C32H19N. The SMILES string of the molecule is c1ccc(-n2c3cc4ccccc4cc3c3c4cccc5c4c(cc32)-c2ccccc2-5)cc1. The second-order valence-corrected chi connectivity index (χ2v) is 8.98. The normalized spacial score (nSPS) is 12.2. The Kier molecular flexibility index (Phi) is 3.19. The van der Waals surface area contributed by atoms with Gasteiger partial charge in [0.2, 0.25) is 0 Å². The number of fused-ring (bicyclic) bond motifs is 8. The highest BCUT2D eigenvalue weighted by Gasteiger charge is 2.25. The molecule has 0 atom stereocenters. The van der Waals surface area contributed by atoms with E-state index in [4.69, 9.17) is 0 Å². The first kappa shape index (κ1) is 17.2. The molecule has 1 aliphatic carbocycles. The zero-order chi connectivity index (χ0) is 21.5. The van der Waals surface area contributed by atoms with Gasteiger partial charge in [0.1, 0.15) is 0 Å². The zero-order valence-electron chi connectivity index (χ0n) is 17.9. The number of hydrogen-bond donors (Lipinski definition) is 0. The van der Waals surface area contributed by atoms with Crippen LogP contribution in [0.3, 0.4) is 0 Å². The van der Waals surface area contributed by atoms with Gasteiger partial charge in [-0.2, -0.15) is 0 Å². The Labute approximate surface area is 191 Å². The van der Waals surface area contributed by atoms with E-state index in [1.807, 2.05) is 0 Å². The number of aromatic nitrogens is 1. The Morgan fingerprint density at radius 1 is 0.394 bits per heavy atom. The van der Waals surface area contributed by atoms with Gasteiger partial charge in [0.05, 0.1) is 11.0 Å². The molecule has 0 fully saturated rings. The lowest BCUT2D eigenvalue weighted by molar-refractivity contribution is 1.18. The van der Waals surface area contributed by atoms with Crippen LogP contribution in [0, 0.1) is 0 Å². The number of para-hydroxylation sites is 1. The van der Waals surface area contributed by atoms with Crippen molar-refractivity contribution in [3.05, 3.63) is 115 Å². The van der Waals surface area contributed by atoms with Crippen LogP contribution in [0.5, 0.6) is 0 Å². The lowest BCUT2D eigenvalue weighted by Gasteiger charge is -2.10. The molecule has 0 bridgehead atoms. The first-order chi connectivity index (χ1) is 16.4. The quantitative estimate of drug-likeness (QED) is 0.252. The maximum atomic E-state index is 2.45. The average Bonchev–Trinajstić information content (AvgIpc) is 3.37. The highest BCUT2D eigenvalue weighted by Crippen LogP contribution is 2.51. The standard InChI is InChI=1S/C32H19N/c1-2-11-22(12-3-1)33-29-18-21-10-5-4-9-20(21)17-28(29)32-26-16-8-15-25-23-13-6-7-14-24(23)27(31(25)26)19-30(32)33/h1-19H. The molecule has 0 spiro atoms. The van der Waals surface area contributed by atoms with E-state index in [1.165, 1.54) is 71.3 Å². The van der Waals surface area contributed by atoms with E-state index in [9.17, 15) is 0 Å². The lowest BCUT2D eigenvalue weighted by Crippen LogP contribution is -1.93. The van der Waals surface area contributed by atoms with Crippen LogP contribution in [0.2, 0.25) is 0 Å². The van der Waals surface area contributed by atoms with Crippen LogP contribution in [0.1, 0.15) is 0 Å². The summed E-state index contributed by atoms with van der Waals surface area (Å²) in [5.74, 6) is 0. The van der Waals surface area contributed by atoms with E-state index in [0.717, 1.165) is 0 Å². The van der Waals surface area contributed by atoms with E-state index in [-0.39, 0.29) is 0 Å². The molecular weight excluding hydrogens is 398 g/mol. The summed E-state index contributed by atoms with van der Waals surface area (Å²) in [7, 11) is 0. The fraction of sp³-hybridized carbons (Fsp3) is 0. The van der Waals surface area contributed by atoms with Crippen molar-refractivity contribution < 1.29 is 0 Å². The van der Waals surface area contributed by atoms with Crippen molar-refractivity contribution in [2.45, 2.75) is 0 Å². The predicted octanol–water partition coefficient (Wildman–Crippen LogP) is 8.74. The number of rotatable bonds is 1. The van der Waals surface area contributed by atoms with Crippen LogP contribution >= 0.6 is 0 Å². The molecule has 1 nitrogen and oxygen atoms in total. The van der Waals surface area contributed by atoms with Gasteiger partial charge in [0.25, 0.3) is 0 Å². The minimum absolute atomic E-state index is 1.20. The topological polar surface area (TPSA) is 4.93 Å². The monoisotopic (exact) mass is 417 g/mol. The molecule has 0 saturated heterocycles. The van der Waals surface area contributed by atoms with Crippen molar-refractivity contribution in [2.75, 3.05) is 0 Å². The highest BCUT2D eigenvalue weighted by molar-refractivity contribution is 6.30. The minimum atomic E-state index is 1.20. The molecule has 0 amide bonds. The van der Waals surface area contributed by atoms with E-state index in [2.05, 4.69) is 120 Å². The fourth-order valence-corrected chi connectivity index (χ4v) is 5.92. The summed E-state index contributed by atoms with van der Waals surface area (Å²) < 4.78 is 2.45. The summed E-state index contributed by atoms with van der Waals surface area (Å²) in [6.07, 6.45) is 0. The van der Waals surface area contributed by atoms with Crippen LogP contribution in [0.15, 0.2) is 115 Å². The first-order valence-corrected chi connectivity index (χ1v) is 11.5. The zero-order valence-corrected chi connectivity index (χ0v) is 17.9. The van der Waals surface area contributed by atoms with E-state index in [0.29, 0.717) is 0 Å². The number of benzene rings is 6. The van der Waals surface area contributed by atoms with Gasteiger partial charge >= 0.3 is 0 Å². The maximum Gasteiger partial charge on any atom is 0.0553 e. The van der Waals surface area contributed by atoms with Crippen molar-refractivity contribution >= 4 is 43.4 Å². The van der Waals surface area contributed by atoms with Crippen molar-refractivity contribution in [3.63, 3.8) is 0 Å². The molecule has 1 heterocycles. The molecule has 0 N–H and O–H groups in total. The molecule has 0 radical (unpaired) electrons. The van der Waals surface area contributed by atoms with Gasteiger partial charge in [-0.3, -0.25) is 0 Å². The first-order valence-electron chi connectivity index (χ1n) is 11.5. The minimum Gasteiger partial charge on any atom is -0.309 e. The number of hydrogen-bond acceptors (Lipinski definition) is 0. The Balaban J connectivity index is 1.67. The molecule has 0 aliphatic heterocycles. The van der Waals surface area contributed by atoms with Crippen LogP contribution in [0.4, 0.5) is 0 Å². The summed E-state index contributed by atoms with van der Waals surface area (Å²) in [4.78, 5) is 0. The summed E-state index contributed by atoms with van der Waals surface area (Å²) in [6, 6.07) is 42.2. The third-order valence-electron chi connectivity index (χ3n) is 7.28. The second kappa shape index (κ2) is 6.11. The third-order valence-corrected chi connectivity index (χ3v) is 7.28. The van der Waals surface area contributed by atoms with Gasteiger partial charge in [-0.1, -0.05) is 84.9 Å². The summed E-state index contributed by atoms with van der Waals surface area (Å²) in [5.41, 5.74) is 9.08. The fourth-order valence-electron chi connectivity index (χ4n) is 5.92. The van der Waals surface area contributed by atoms with Gasteiger partial charge in [0.15, 0.2) is 0 Å². The Morgan fingerprint density at radius 3 is 1.88 bits per heavy atom. The van der Waals surface area contributed by atoms with Crippen LogP contribution in [-0.4, -0.2) is 4.57 Å². The van der Waals surface area contributed by atoms with E-state index in [1.54, 1.807) is 0 Å². The Hall–Kier alpha value is -4.36. The highest BCUT2D eigenvalue weighted by atomic mass is 15.0. The predicted molar refractivity (Wildman–Crippen MR) is 140 cm³/mol. The molecule has 1 aliphatic rings. The van der Waals surface area contributed by atoms with Crippen molar-refractivity contribution in [2.24, 2.45) is 0 Å². The third kappa shape index (κ3) is 2.16. The van der Waals surface area contributed by atoms with Crippen molar-refractivity contribution in [3.8, 4) is 27.9 Å². The molecule has 8 rings (SSSR count). The molecule has 152 valence electrons. The largest absolute Gasteiger partial charge is 0.309 e.